The van der Waals surface area contributed by atoms with Gasteiger partial charge < -0.3 is 10.4 Å². The second-order valence-corrected chi connectivity index (χ2v) is 5.10. The summed E-state index contributed by atoms with van der Waals surface area (Å²) in [7, 11) is 1.76. The summed E-state index contributed by atoms with van der Waals surface area (Å²) in [4.78, 5) is 12.4. The Morgan fingerprint density at radius 2 is 2.10 bits per heavy atom. The quantitative estimate of drug-likeness (QED) is 0.853. The van der Waals surface area contributed by atoms with Crippen LogP contribution in [-0.4, -0.2) is 27.4 Å². The number of aromatic nitrogens is 2. The van der Waals surface area contributed by atoms with Crippen LogP contribution < -0.4 is 5.32 Å². The molecule has 5 nitrogen and oxygen atoms in total. The Morgan fingerprint density at radius 1 is 1.38 bits per heavy atom. The second kappa shape index (κ2) is 7.04. The molecule has 0 radical (unpaired) electrons. The van der Waals surface area contributed by atoms with E-state index < -0.39 is 0 Å². The average molecular weight is 287 g/mol. The molecule has 0 spiro atoms. The lowest BCUT2D eigenvalue weighted by molar-refractivity contribution is 0.0923. The summed E-state index contributed by atoms with van der Waals surface area (Å²) in [5.41, 5.74) is 2.39. The van der Waals surface area contributed by atoms with Crippen molar-refractivity contribution < 1.29 is 9.90 Å². The summed E-state index contributed by atoms with van der Waals surface area (Å²) < 4.78 is 1.58. The standard InChI is InChI=1S/C16H21N3O2/c1-12-11-15(19(2)18-12)16(21)17-14(9-6-10-20)13-7-4-3-5-8-13/h3-5,7-8,11,14,20H,6,9-10H2,1-2H3,(H,17,21)/t14-/m0/s1. The van der Waals surface area contributed by atoms with Gasteiger partial charge in [0.2, 0.25) is 0 Å². The monoisotopic (exact) mass is 287 g/mol. The summed E-state index contributed by atoms with van der Waals surface area (Å²) in [5.74, 6) is -0.148. The number of aliphatic hydroxyl groups is 1. The lowest BCUT2D eigenvalue weighted by Crippen LogP contribution is -2.30. The molecule has 5 heteroatoms. The molecule has 21 heavy (non-hydrogen) atoms. The molecule has 1 aromatic carbocycles. The van der Waals surface area contributed by atoms with Crippen molar-refractivity contribution in [3.05, 3.63) is 53.3 Å². The second-order valence-electron chi connectivity index (χ2n) is 5.10. The van der Waals surface area contributed by atoms with E-state index in [1.54, 1.807) is 17.8 Å². The number of aryl methyl sites for hydroxylation is 2. The van der Waals surface area contributed by atoms with Gasteiger partial charge >= 0.3 is 0 Å². The molecule has 0 aliphatic heterocycles. The maximum absolute atomic E-state index is 12.4. The number of amides is 1. The molecule has 0 aliphatic rings. The van der Waals surface area contributed by atoms with Crippen LogP contribution in [0.4, 0.5) is 0 Å². The van der Waals surface area contributed by atoms with Crippen molar-refractivity contribution in [2.24, 2.45) is 7.05 Å². The first-order valence-corrected chi connectivity index (χ1v) is 7.09. The molecule has 0 saturated carbocycles. The Kier molecular flexibility index (Phi) is 5.11. The van der Waals surface area contributed by atoms with Gasteiger partial charge in [0.1, 0.15) is 5.69 Å². The molecule has 2 N–H and O–H groups in total. The number of aliphatic hydroxyl groups excluding tert-OH is 1. The minimum atomic E-state index is -0.148. The Balaban J connectivity index is 2.15. The summed E-state index contributed by atoms with van der Waals surface area (Å²) in [6, 6.07) is 11.5. The number of benzene rings is 1. The first-order valence-electron chi connectivity index (χ1n) is 7.09. The van der Waals surface area contributed by atoms with Crippen molar-refractivity contribution in [3.8, 4) is 0 Å². The molecule has 2 rings (SSSR count). The molecule has 2 aromatic rings. The smallest absolute Gasteiger partial charge is 0.270 e. The molecule has 0 fully saturated rings. The van der Waals surface area contributed by atoms with E-state index in [4.69, 9.17) is 5.11 Å². The fourth-order valence-electron chi connectivity index (χ4n) is 2.36. The van der Waals surface area contributed by atoms with Gasteiger partial charge in [-0.1, -0.05) is 30.3 Å². The average Bonchev–Trinajstić information content (AvgIpc) is 2.83. The van der Waals surface area contributed by atoms with E-state index in [0.717, 1.165) is 11.3 Å². The summed E-state index contributed by atoms with van der Waals surface area (Å²) >= 11 is 0. The molecule has 1 heterocycles. The predicted octanol–water partition coefficient (Wildman–Crippen LogP) is 1.97. The van der Waals surface area contributed by atoms with Crippen LogP contribution in [-0.2, 0) is 7.05 Å². The van der Waals surface area contributed by atoms with Gasteiger partial charge in [-0.15, -0.1) is 0 Å². The Hall–Kier alpha value is -2.14. The highest BCUT2D eigenvalue weighted by atomic mass is 16.3. The fraction of sp³-hybridized carbons (Fsp3) is 0.375. The molecular weight excluding hydrogens is 266 g/mol. The van der Waals surface area contributed by atoms with Gasteiger partial charge in [-0.2, -0.15) is 5.10 Å². The van der Waals surface area contributed by atoms with Crippen LogP contribution in [0.2, 0.25) is 0 Å². The van der Waals surface area contributed by atoms with Crippen LogP contribution in [0.15, 0.2) is 36.4 Å². The topological polar surface area (TPSA) is 67.2 Å². The Morgan fingerprint density at radius 3 is 2.67 bits per heavy atom. The van der Waals surface area contributed by atoms with E-state index in [-0.39, 0.29) is 18.6 Å². The molecule has 0 unspecified atom stereocenters. The van der Waals surface area contributed by atoms with Crippen LogP contribution >= 0.6 is 0 Å². The van der Waals surface area contributed by atoms with Crippen LogP contribution in [0.3, 0.4) is 0 Å². The van der Waals surface area contributed by atoms with E-state index in [0.29, 0.717) is 18.5 Å². The van der Waals surface area contributed by atoms with Crippen molar-refractivity contribution in [2.75, 3.05) is 6.61 Å². The number of nitrogens with one attached hydrogen (secondary N) is 1. The normalized spacial score (nSPS) is 12.1. The predicted molar refractivity (Wildman–Crippen MR) is 80.9 cm³/mol. The Labute approximate surface area is 124 Å². The largest absolute Gasteiger partial charge is 0.396 e. The minimum Gasteiger partial charge on any atom is -0.396 e. The summed E-state index contributed by atoms with van der Waals surface area (Å²) in [6.07, 6.45) is 1.34. The van der Waals surface area contributed by atoms with Crippen LogP contribution in [0, 0.1) is 6.92 Å². The lowest BCUT2D eigenvalue weighted by Gasteiger charge is -2.19. The molecule has 0 saturated heterocycles. The zero-order chi connectivity index (χ0) is 15.2. The molecular formula is C16H21N3O2. The zero-order valence-electron chi connectivity index (χ0n) is 12.4. The third-order valence-corrected chi connectivity index (χ3v) is 3.39. The van der Waals surface area contributed by atoms with E-state index in [2.05, 4.69) is 10.4 Å². The number of carbonyl (C=O) groups is 1. The first-order chi connectivity index (χ1) is 10.1. The highest BCUT2D eigenvalue weighted by Gasteiger charge is 2.18. The third-order valence-electron chi connectivity index (χ3n) is 3.39. The van der Waals surface area contributed by atoms with Crippen molar-refractivity contribution in [1.82, 2.24) is 15.1 Å². The molecule has 1 aromatic heterocycles. The van der Waals surface area contributed by atoms with Gasteiger partial charge in [0.05, 0.1) is 11.7 Å². The zero-order valence-corrected chi connectivity index (χ0v) is 12.4. The van der Waals surface area contributed by atoms with Crippen molar-refractivity contribution in [2.45, 2.75) is 25.8 Å². The number of hydrogen-bond donors (Lipinski definition) is 2. The highest BCUT2D eigenvalue weighted by Crippen LogP contribution is 2.19. The van der Waals surface area contributed by atoms with Gasteiger partial charge in [0.15, 0.2) is 0 Å². The SMILES string of the molecule is Cc1cc(C(=O)N[C@@H](CCCO)c2ccccc2)n(C)n1. The van der Waals surface area contributed by atoms with Gasteiger partial charge in [0.25, 0.3) is 5.91 Å². The minimum absolute atomic E-state index is 0.110. The Bertz CT molecular complexity index is 593. The molecule has 0 bridgehead atoms. The van der Waals surface area contributed by atoms with Crippen LogP contribution in [0.5, 0.6) is 0 Å². The van der Waals surface area contributed by atoms with Crippen molar-refractivity contribution >= 4 is 5.91 Å². The van der Waals surface area contributed by atoms with Gasteiger partial charge in [-0.3, -0.25) is 9.48 Å². The number of rotatable bonds is 6. The van der Waals surface area contributed by atoms with Gasteiger partial charge in [-0.05, 0) is 31.4 Å². The highest BCUT2D eigenvalue weighted by molar-refractivity contribution is 5.92. The summed E-state index contributed by atoms with van der Waals surface area (Å²) in [5, 5.41) is 16.3. The maximum Gasteiger partial charge on any atom is 0.270 e. The van der Waals surface area contributed by atoms with Crippen molar-refractivity contribution in [1.29, 1.82) is 0 Å². The number of carbonyl (C=O) groups excluding carboxylic acids is 1. The number of nitrogens with zero attached hydrogens (tertiary/aromatic N) is 2. The van der Waals surface area contributed by atoms with E-state index in [1.165, 1.54) is 0 Å². The first kappa shape index (κ1) is 15.3. The van der Waals surface area contributed by atoms with Gasteiger partial charge in [0, 0.05) is 13.7 Å². The summed E-state index contributed by atoms with van der Waals surface area (Å²) in [6.45, 7) is 1.97. The van der Waals surface area contributed by atoms with Crippen molar-refractivity contribution in [3.63, 3.8) is 0 Å². The van der Waals surface area contributed by atoms with E-state index in [1.807, 2.05) is 37.3 Å². The van der Waals surface area contributed by atoms with E-state index in [9.17, 15) is 4.79 Å². The molecule has 0 aliphatic carbocycles. The molecule has 1 amide bonds. The van der Waals surface area contributed by atoms with Gasteiger partial charge in [-0.25, -0.2) is 0 Å². The van der Waals surface area contributed by atoms with Crippen LogP contribution in [0.25, 0.3) is 0 Å². The lowest BCUT2D eigenvalue weighted by atomic mass is 10.0. The fourth-order valence-corrected chi connectivity index (χ4v) is 2.36. The molecule has 1 atom stereocenters. The maximum atomic E-state index is 12.4. The van der Waals surface area contributed by atoms with Crippen LogP contribution in [0.1, 0.15) is 40.6 Å². The van der Waals surface area contributed by atoms with E-state index >= 15 is 0 Å². The third kappa shape index (κ3) is 3.92. The molecule has 112 valence electrons. The number of hydrogen-bond acceptors (Lipinski definition) is 3.